The van der Waals surface area contributed by atoms with E-state index in [2.05, 4.69) is 10.6 Å². The lowest BCUT2D eigenvalue weighted by Crippen LogP contribution is -2.43. The highest BCUT2D eigenvalue weighted by molar-refractivity contribution is 6.04. The minimum absolute atomic E-state index is 0.0128. The van der Waals surface area contributed by atoms with Gasteiger partial charge >= 0.3 is 12.1 Å². The molecule has 1 fully saturated rings. The fourth-order valence-electron chi connectivity index (χ4n) is 3.41. The summed E-state index contributed by atoms with van der Waals surface area (Å²) in [7, 11) is 0. The van der Waals surface area contributed by atoms with E-state index in [0.717, 1.165) is 6.42 Å². The molecule has 0 bridgehead atoms. The molecule has 0 aliphatic carbocycles. The summed E-state index contributed by atoms with van der Waals surface area (Å²) >= 11 is 0. The molecule has 8 nitrogen and oxygen atoms in total. The van der Waals surface area contributed by atoms with Gasteiger partial charge < -0.3 is 20.6 Å². The van der Waals surface area contributed by atoms with Crippen LogP contribution in [-0.4, -0.2) is 59.5 Å². The number of hydrogen-bond donors (Lipinski definition) is 3. The maximum atomic E-state index is 12.7. The third-order valence-corrected chi connectivity index (χ3v) is 5.37. The third kappa shape index (κ3) is 8.71. The molecule has 0 atom stereocenters. The summed E-state index contributed by atoms with van der Waals surface area (Å²) < 4.78 is 31.7. The van der Waals surface area contributed by atoms with Gasteiger partial charge in [-0.2, -0.15) is 13.2 Å². The topological polar surface area (TPSA) is 116 Å². The number of carbonyl (C=O) groups excluding carboxylic acids is 3. The van der Waals surface area contributed by atoms with Gasteiger partial charge in [-0.1, -0.05) is 25.1 Å². The quantitative estimate of drug-likeness (QED) is 0.548. The molecule has 11 heteroatoms. The molecule has 0 radical (unpaired) electrons. The van der Waals surface area contributed by atoms with Crippen molar-refractivity contribution in [1.82, 2.24) is 10.2 Å². The van der Waals surface area contributed by atoms with Gasteiger partial charge in [-0.15, -0.1) is 0 Å². The number of halogens is 3. The van der Waals surface area contributed by atoms with E-state index in [9.17, 15) is 27.6 Å². The molecule has 3 amide bonds. The highest BCUT2D eigenvalue weighted by atomic mass is 19.4. The number of amides is 3. The lowest BCUT2D eigenvalue weighted by molar-refractivity contribution is -0.192. The Labute approximate surface area is 206 Å². The van der Waals surface area contributed by atoms with Crippen molar-refractivity contribution in [2.75, 3.05) is 25.0 Å². The maximum Gasteiger partial charge on any atom is 0.490 e. The van der Waals surface area contributed by atoms with Gasteiger partial charge in [-0.05, 0) is 55.7 Å². The second-order valence-corrected chi connectivity index (χ2v) is 8.06. The highest BCUT2D eigenvalue weighted by Crippen LogP contribution is 2.20. The zero-order valence-electron chi connectivity index (χ0n) is 19.7. The van der Waals surface area contributed by atoms with Gasteiger partial charge in [0, 0.05) is 42.4 Å². The van der Waals surface area contributed by atoms with Gasteiger partial charge in [0.05, 0.1) is 0 Å². The van der Waals surface area contributed by atoms with E-state index in [1.54, 1.807) is 41.3 Å². The van der Waals surface area contributed by atoms with Crippen LogP contribution >= 0.6 is 0 Å². The summed E-state index contributed by atoms with van der Waals surface area (Å²) in [5.41, 5.74) is 1.80. The van der Waals surface area contributed by atoms with Gasteiger partial charge in [0.25, 0.3) is 11.8 Å². The highest BCUT2D eigenvalue weighted by Gasteiger charge is 2.38. The second kappa shape index (κ2) is 13.3. The first-order valence-electron chi connectivity index (χ1n) is 11.4. The molecule has 3 N–H and O–H groups in total. The Kier molecular flexibility index (Phi) is 10.4. The first-order chi connectivity index (χ1) is 17.0. The van der Waals surface area contributed by atoms with Crippen molar-refractivity contribution in [3.05, 3.63) is 65.7 Å². The fraction of sp³-hybridized carbons (Fsp3) is 0.360. The van der Waals surface area contributed by atoms with E-state index >= 15 is 0 Å². The summed E-state index contributed by atoms with van der Waals surface area (Å²) in [4.78, 5) is 47.7. The van der Waals surface area contributed by atoms with Gasteiger partial charge in [0.15, 0.2) is 0 Å². The zero-order chi connectivity index (χ0) is 26.7. The van der Waals surface area contributed by atoms with Crippen LogP contribution in [-0.2, 0) is 9.59 Å². The lowest BCUT2D eigenvalue weighted by Gasteiger charge is -2.31. The van der Waals surface area contributed by atoms with Crippen LogP contribution in [0, 0.1) is 5.92 Å². The summed E-state index contributed by atoms with van der Waals surface area (Å²) in [6.07, 6.45) is -2.79. The van der Waals surface area contributed by atoms with E-state index < -0.39 is 12.1 Å². The predicted molar refractivity (Wildman–Crippen MR) is 126 cm³/mol. The number of likely N-dealkylation sites (tertiary alicyclic amines) is 1. The summed E-state index contributed by atoms with van der Waals surface area (Å²) in [5, 5.41) is 12.9. The number of carboxylic acid groups (broad SMARTS) is 1. The molecule has 194 valence electrons. The number of benzene rings is 2. The van der Waals surface area contributed by atoms with E-state index in [0.29, 0.717) is 49.3 Å². The normalized spacial score (nSPS) is 13.7. The maximum absolute atomic E-state index is 12.7. The van der Waals surface area contributed by atoms with E-state index in [1.807, 2.05) is 25.1 Å². The standard InChI is InChI=1S/C23H27N3O3.C2HF3O2/c1-2-14-24-21(27)18-12-15-26(16-13-18)23(29)19-8-10-20(11-9-19)25-22(28)17-6-4-3-5-7-17;3-2(4,5)1(6)7/h3-11,18H,2,12-16H2,1H3,(H,24,27)(H,25,28);(H,6,7). The summed E-state index contributed by atoms with van der Waals surface area (Å²) in [5.74, 6) is -2.91. The molecule has 0 aromatic heterocycles. The molecule has 1 heterocycles. The number of hydrogen-bond acceptors (Lipinski definition) is 4. The van der Waals surface area contributed by atoms with Gasteiger partial charge in [-0.3, -0.25) is 14.4 Å². The number of piperidine rings is 1. The number of rotatable bonds is 6. The van der Waals surface area contributed by atoms with Gasteiger partial charge in [0.1, 0.15) is 0 Å². The number of carbonyl (C=O) groups is 4. The van der Waals surface area contributed by atoms with E-state index in [-0.39, 0.29) is 23.6 Å². The molecular weight excluding hydrogens is 479 g/mol. The predicted octanol–water partition coefficient (Wildman–Crippen LogP) is 3.95. The molecule has 0 unspecified atom stereocenters. The average Bonchev–Trinajstić information content (AvgIpc) is 2.87. The molecule has 0 spiro atoms. The van der Waals surface area contributed by atoms with Crippen molar-refractivity contribution in [3.8, 4) is 0 Å². The van der Waals surface area contributed by atoms with Gasteiger partial charge in [0.2, 0.25) is 5.91 Å². The molecule has 2 aromatic rings. The SMILES string of the molecule is CCCNC(=O)C1CCN(C(=O)c2ccc(NC(=O)c3ccccc3)cc2)CC1.O=C(O)C(F)(F)F. The van der Waals surface area contributed by atoms with E-state index in [1.165, 1.54) is 0 Å². The first kappa shape index (κ1) is 28.3. The first-order valence-corrected chi connectivity index (χ1v) is 11.4. The van der Waals surface area contributed by atoms with Crippen molar-refractivity contribution in [2.45, 2.75) is 32.4 Å². The minimum Gasteiger partial charge on any atom is -0.475 e. The zero-order valence-corrected chi connectivity index (χ0v) is 19.7. The smallest absolute Gasteiger partial charge is 0.475 e. The monoisotopic (exact) mass is 507 g/mol. The molecular formula is C25H28F3N3O5. The van der Waals surface area contributed by atoms with Crippen LogP contribution in [0.1, 0.15) is 46.9 Å². The van der Waals surface area contributed by atoms with Crippen LogP contribution in [0.4, 0.5) is 18.9 Å². The minimum atomic E-state index is -5.08. The second-order valence-electron chi connectivity index (χ2n) is 8.06. The van der Waals surface area contributed by atoms with Crippen LogP contribution in [0.2, 0.25) is 0 Å². The number of nitrogens with zero attached hydrogens (tertiary/aromatic N) is 1. The van der Waals surface area contributed by atoms with Crippen molar-refractivity contribution in [3.63, 3.8) is 0 Å². The van der Waals surface area contributed by atoms with Crippen LogP contribution in [0.15, 0.2) is 54.6 Å². The number of nitrogens with one attached hydrogen (secondary N) is 2. The number of anilines is 1. The Morgan fingerprint density at radius 1 is 0.944 bits per heavy atom. The molecule has 1 aliphatic rings. The van der Waals surface area contributed by atoms with Gasteiger partial charge in [-0.25, -0.2) is 4.79 Å². The molecule has 3 rings (SSSR count). The molecule has 0 saturated carbocycles. The molecule has 36 heavy (non-hydrogen) atoms. The summed E-state index contributed by atoms with van der Waals surface area (Å²) in [6.45, 7) is 3.89. The fourth-order valence-corrected chi connectivity index (χ4v) is 3.41. The Morgan fingerprint density at radius 2 is 1.50 bits per heavy atom. The van der Waals surface area contributed by atoms with Crippen molar-refractivity contribution >= 4 is 29.4 Å². The van der Waals surface area contributed by atoms with Crippen LogP contribution in [0.3, 0.4) is 0 Å². The average molecular weight is 508 g/mol. The van der Waals surface area contributed by atoms with Crippen LogP contribution < -0.4 is 10.6 Å². The Bertz CT molecular complexity index is 1040. The van der Waals surface area contributed by atoms with Crippen LogP contribution in [0.5, 0.6) is 0 Å². The number of aliphatic carboxylic acids is 1. The molecule has 2 aromatic carbocycles. The van der Waals surface area contributed by atoms with E-state index in [4.69, 9.17) is 9.90 Å². The number of carboxylic acids is 1. The van der Waals surface area contributed by atoms with Crippen LogP contribution in [0.25, 0.3) is 0 Å². The molecule has 1 aliphatic heterocycles. The Morgan fingerprint density at radius 3 is 2.00 bits per heavy atom. The summed E-state index contributed by atoms with van der Waals surface area (Å²) in [6, 6.07) is 15.9. The largest absolute Gasteiger partial charge is 0.490 e. The molecule has 1 saturated heterocycles. The lowest BCUT2D eigenvalue weighted by atomic mass is 9.95. The van der Waals surface area contributed by atoms with Crippen molar-refractivity contribution in [1.29, 1.82) is 0 Å². The Balaban J connectivity index is 0.000000572. The third-order valence-electron chi connectivity index (χ3n) is 5.37. The number of alkyl halides is 3. The van der Waals surface area contributed by atoms with Crippen molar-refractivity contribution in [2.24, 2.45) is 5.92 Å². The Hall–Kier alpha value is -3.89. The van der Waals surface area contributed by atoms with Crippen molar-refractivity contribution < 1.29 is 37.5 Å².